The van der Waals surface area contributed by atoms with Crippen LogP contribution in [0.5, 0.6) is 0 Å². The fourth-order valence-corrected chi connectivity index (χ4v) is 1.80. The maximum atomic E-state index is 10.1. The van der Waals surface area contributed by atoms with Crippen LogP contribution in [0.1, 0.15) is 22.8 Å². The Kier molecular flexibility index (Phi) is 3.06. The van der Waals surface area contributed by atoms with Gasteiger partial charge in [0.2, 0.25) is 0 Å². The Hall–Kier alpha value is -1.61. The summed E-state index contributed by atoms with van der Waals surface area (Å²) in [6, 6.07) is 7.98. The van der Waals surface area contributed by atoms with Gasteiger partial charge in [0.1, 0.15) is 0 Å². The minimum Gasteiger partial charge on any atom is -0.386 e. The maximum absolute atomic E-state index is 10.1. The van der Waals surface area contributed by atoms with E-state index in [1.54, 1.807) is 10.9 Å². The number of nitrogens with zero attached hydrogens (tertiary/aromatic N) is 2. The zero-order valence-electron chi connectivity index (χ0n) is 9.59. The third-order valence-electron chi connectivity index (χ3n) is 2.71. The van der Waals surface area contributed by atoms with E-state index in [9.17, 15) is 5.11 Å². The Bertz CT molecular complexity index is 463. The molecule has 1 aromatic heterocycles. The van der Waals surface area contributed by atoms with Crippen molar-refractivity contribution in [2.75, 3.05) is 0 Å². The van der Waals surface area contributed by atoms with Crippen LogP contribution in [0.4, 0.5) is 0 Å². The van der Waals surface area contributed by atoms with Crippen LogP contribution >= 0.6 is 0 Å². The predicted octanol–water partition coefficient (Wildman–Crippen LogP) is 2.23. The highest BCUT2D eigenvalue weighted by Gasteiger charge is 2.11. The van der Waals surface area contributed by atoms with Gasteiger partial charge in [-0.2, -0.15) is 5.10 Å². The average Bonchev–Trinajstić information content (AvgIpc) is 2.74. The van der Waals surface area contributed by atoms with Crippen molar-refractivity contribution < 1.29 is 5.11 Å². The molecule has 0 radical (unpaired) electrons. The minimum atomic E-state index is -0.500. The van der Waals surface area contributed by atoms with Crippen LogP contribution in [0.2, 0.25) is 0 Å². The number of aromatic nitrogens is 2. The third kappa shape index (κ3) is 2.31. The van der Waals surface area contributed by atoms with Crippen LogP contribution in [0.3, 0.4) is 0 Å². The van der Waals surface area contributed by atoms with Gasteiger partial charge < -0.3 is 5.11 Å². The molecule has 1 aromatic carbocycles. The molecule has 2 rings (SSSR count). The van der Waals surface area contributed by atoms with E-state index in [4.69, 9.17) is 0 Å². The summed E-state index contributed by atoms with van der Waals surface area (Å²) < 4.78 is 1.74. The van der Waals surface area contributed by atoms with E-state index in [-0.39, 0.29) is 0 Å². The van der Waals surface area contributed by atoms with Gasteiger partial charge in [-0.25, -0.2) is 0 Å². The lowest BCUT2D eigenvalue weighted by Crippen LogP contribution is -2.10. The van der Waals surface area contributed by atoms with Gasteiger partial charge in [-0.15, -0.1) is 0 Å². The van der Waals surface area contributed by atoms with E-state index in [0.717, 1.165) is 11.1 Å². The van der Waals surface area contributed by atoms with Crippen molar-refractivity contribution in [1.29, 1.82) is 0 Å². The minimum absolute atomic E-state index is 0.497. The molecule has 0 aliphatic rings. The Morgan fingerprint density at radius 3 is 2.88 bits per heavy atom. The Morgan fingerprint density at radius 1 is 1.38 bits per heavy atom. The molecule has 0 aliphatic carbocycles. The first-order valence-electron chi connectivity index (χ1n) is 5.39. The summed E-state index contributed by atoms with van der Waals surface area (Å²) >= 11 is 0. The summed E-state index contributed by atoms with van der Waals surface area (Å²) in [5.74, 6) is 0. The largest absolute Gasteiger partial charge is 0.386 e. The van der Waals surface area contributed by atoms with E-state index in [0.29, 0.717) is 6.54 Å². The summed E-state index contributed by atoms with van der Waals surface area (Å²) in [6.45, 7) is 4.54. The van der Waals surface area contributed by atoms with Gasteiger partial charge in [0.05, 0.1) is 12.6 Å². The van der Waals surface area contributed by atoms with Gasteiger partial charge >= 0.3 is 0 Å². The van der Waals surface area contributed by atoms with Crippen LogP contribution < -0.4 is 0 Å². The van der Waals surface area contributed by atoms with Crippen LogP contribution in [0.25, 0.3) is 0 Å². The highest BCUT2D eigenvalue weighted by atomic mass is 16.3. The highest BCUT2D eigenvalue weighted by molar-refractivity contribution is 5.32. The molecule has 3 heteroatoms. The molecule has 0 saturated heterocycles. The SMILES string of the molecule is Cc1ccc(C)c(C(O)Cn2cccn2)c1. The standard InChI is InChI=1S/C13H16N2O/c1-10-4-5-11(2)12(8-10)13(16)9-15-7-3-6-14-15/h3-8,13,16H,9H2,1-2H3. The lowest BCUT2D eigenvalue weighted by Gasteiger charge is -2.14. The molecule has 0 amide bonds. The summed E-state index contributed by atoms with van der Waals surface area (Å²) in [7, 11) is 0. The number of aliphatic hydroxyl groups is 1. The number of hydrogen-bond acceptors (Lipinski definition) is 2. The molecule has 0 spiro atoms. The van der Waals surface area contributed by atoms with Crippen LogP contribution in [-0.2, 0) is 6.54 Å². The second-order valence-electron chi connectivity index (χ2n) is 4.10. The lowest BCUT2D eigenvalue weighted by molar-refractivity contribution is 0.151. The van der Waals surface area contributed by atoms with Crippen molar-refractivity contribution in [2.45, 2.75) is 26.5 Å². The van der Waals surface area contributed by atoms with Gasteiger partial charge in [0, 0.05) is 12.4 Å². The fraction of sp³-hybridized carbons (Fsp3) is 0.308. The zero-order chi connectivity index (χ0) is 11.5. The molecular weight excluding hydrogens is 200 g/mol. The molecule has 84 valence electrons. The number of rotatable bonds is 3. The van der Waals surface area contributed by atoms with E-state index < -0.39 is 6.10 Å². The molecule has 0 bridgehead atoms. The summed E-state index contributed by atoms with van der Waals surface area (Å²) in [5.41, 5.74) is 3.26. The number of aryl methyl sites for hydroxylation is 2. The first-order valence-corrected chi connectivity index (χ1v) is 5.39. The monoisotopic (exact) mass is 216 g/mol. The average molecular weight is 216 g/mol. The second-order valence-corrected chi connectivity index (χ2v) is 4.10. The molecule has 1 atom stereocenters. The normalized spacial score (nSPS) is 12.7. The number of aliphatic hydroxyl groups excluding tert-OH is 1. The quantitative estimate of drug-likeness (QED) is 0.854. The van der Waals surface area contributed by atoms with Crippen molar-refractivity contribution in [3.8, 4) is 0 Å². The summed E-state index contributed by atoms with van der Waals surface area (Å²) in [4.78, 5) is 0. The van der Waals surface area contributed by atoms with Crippen molar-refractivity contribution in [3.63, 3.8) is 0 Å². The Labute approximate surface area is 95.3 Å². The molecule has 16 heavy (non-hydrogen) atoms. The van der Waals surface area contributed by atoms with Gasteiger partial charge in [-0.1, -0.05) is 23.8 Å². The number of hydrogen-bond donors (Lipinski definition) is 1. The smallest absolute Gasteiger partial charge is 0.0988 e. The van der Waals surface area contributed by atoms with Gasteiger partial charge in [-0.05, 0) is 31.0 Å². The Morgan fingerprint density at radius 2 is 2.19 bits per heavy atom. The van der Waals surface area contributed by atoms with Crippen LogP contribution in [0, 0.1) is 13.8 Å². The summed E-state index contributed by atoms with van der Waals surface area (Å²) in [6.07, 6.45) is 3.07. The van der Waals surface area contributed by atoms with Crippen molar-refractivity contribution in [2.24, 2.45) is 0 Å². The molecule has 1 N–H and O–H groups in total. The van der Waals surface area contributed by atoms with Gasteiger partial charge in [0.15, 0.2) is 0 Å². The predicted molar refractivity (Wildman–Crippen MR) is 63.1 cm³/mol. The van der Waals surface area contributed by atoms with Crippen molar-refractivity contribution in [1.82, 2.24) is 9.78 Å². The molecule has 2 aromatic rings. The molecular formula is C13H16N2O. The van der Waals surface area contributed by atoms with E-state index in [2.05, 4.69) is 11.2 Å². The molecule has 0 fully saturated rings. The van der Waals surface area contributed by atoms with Gasteiger partial charge in [0.25, 0.3) is 0 Å². The third-order valence-corrected chi connectivity index (χ3v) is 2.71. The fourth-order valence-electron chi connectivity index (χ4n) is 1.80. The second kappa shape index (κ2) is 4.49. The van der Waals surface area contributed by atoms with Crippen molar-refractivity contribution >= 4 is 0 Å². The molecule has 0 aliphatic heterocycles. The van der Waals surface area contributed by atoms with Crippen LogP contribution in [0.15, 0.2) is 36.7 Å². The van der Waals surface area contributed by atoms with Crippen molar-refractivity contribution in [3.05, 3.63) is 53.3 Å². The molecule has 1 unspecified atom stereocenters. The van der Waals surface area contributed by atoms with E-state index >= 15 is 0 Å². The maximum Gasteiger partial charge on any atom is 0.0988 e. The first-order chi connectivity index (χ1) is 7.66. The van der Waals surface area contributed by atoms with Crippen LogP contribution in [-0.4, -0.2) is 14.9 Å². The van der Waals surface area contributed by atoms with E-state index in [1.165, 1.54) is 5.56 Å². The highest BCUT2D eigenvalue weighted by Crippen LogP contribution is 2.20. The number of benzene rings is 1. The molecule has 1 heterocycles. The Balaban J connectivity index is 2.20. The molecule has 3 nitrogen and oxygen atoms in total. The topological polar surface area (TPSA) is 38.0 Å². The first kappa shape index (κ1) is 10.9. The van der Waals surface area contributed by atoms with E-state index in [1.807, 2.05) is 38.2 Å². The molecule has 0 saturated carbocycles. The summed E-state index contributed by atoms with van der Waals surface area (Å²) in [5, 5.41) is 14.2. The van der Waals surface area contributed by atoms with Gasteiger partial charge in [-0.3, -0.25) is 4.68 Å². The lowest BCUT2D eigenvalue weighted by atomic mass is 10.0. The zero-order valence-corrected chi connectivity index (χ0v) is 9.59.